The molecule has 0 aliphatic carbocycles. The average Bonchev–Trinajstić information content (AvgIpc) is 2.52. The van der Waals surface area contributed by atoms with E-state index in [-0.39, 0.29) is 5.91 Å². The highest BCUT2D eigenvalue weighted by Gasteiger charge is 2.10. The van der Waals surface area contributed by atoms with Crippen LogP contribution in [0, 0.1) is 0 Å². The molecule has 0 bridgehead atoms. The highest BCUT2D eigenvalue weighted by Crippen LogP contribution is 2.15. The van der Waals surface area contributed by atoms with Crippen molar-refractivity contribution < 1.29 is 4.79 Å². The van der Waals surface area contributed by atoms with E-state index in [0.29, 0.717) is 6.54 Å². The van der Waals surface area contributed by atoms with Gasteiger partial charge >= 0.3 is 0 Å². The number of nitrogens with one attached hydrogen (secondary N) is 1. The maximum atomic E-state index is 12.3. The van der Waals surface area contributed by atoms with Gasteiger partial charge in [-0.3, -0.25) is 9.78 Å². The van der Waals surface area contributed by atoms with Gasteiger partial charge in [-0.25, -0.2) is 0 Å². The maximum Gasteiger partial charge on any atom is 0.251 e. The molecule has 0 radical (unpaired) electrons. The highest BCUT2D eigenvalue weighted by atomic mass is 16.1. The molecule has 20 heavy (non-hydrogen) atoms. The zero-order valence-electron chi connectivity index (χ0n) is 11.5. The molecule has 2 rings (SSSR count). The number of benzene rings is 1. The minimum atomic E-state index is -0.0464. The van der Waals surface area contributed by atoms with Gasteiger partial charge in [0.15, 0.2) is 0 Å². The van der Waals surface area contributed by atoms with E-state index in [0.717, 1.165) is 23.1 Å². The average molecular weight is 266 g/mol. The Balaban J connectivity index is 2.07. The summed E-state index contributed by atoms with van der Waals surface area (Å²) in [5.74, 6) is -0.0464. The zero-order valence-corrected chi connectivity index (χ0v) is 11.5. The van der Waals surface area contributed by atoms with Crippen LogP contribution in [0.1, 0.15) is 24.5 Å². The van der Waals surface area contributed by atoms with Gasteiger partial charge in [0.05, 0.1) is 0 Å². The molecule has 1 aromatic carbocycles. The summed E-state index contributed by atoms with van der Waals surface area (Å²) in [4.78, 5) is 16.3. The fraction of sp³-hybridized carbons (Fsp3) is 0.176. The van der Waals surface area contributed by atoms with Crippen LogP contribution in [0.4, 0.5) is 0 Å². The van der Waals surface area contributed by atoms with Gasteiger partial charge < -0.3 is 5.32 Å². The number of pyridine rings is 1. The SMILES string of the molecule is CCC=C(C(=O)NCc1ccncc1)c1ccccc1. The Morgan fingerprint density at radius 3 is 2.50 bits per heavy atom. The van der Waals surface area contributed by atoms with Crippen molar-refractivity contribution in [3.05, 3.63) is 72.1 Å². The topological polar surface area (TPSA) is 42.0 Å². The molecular formula is C17H18N2O. The third kappa shape index (κ3) is 3.79. The van der Waals surface area contributed by atoms with Crippen molar-refractivity contribution in [1.29, 1.82) is 0 Å². The van der Waals surface area contributed by atoms with Crippen molar-refractivity contribution in [2.45, 2.75) is 19.9 Å². The van der Waals surface area contributed by atoms with E-state index in [2.05, 4.69) is 10.3 Å². The smallest absolute Gasteiger partial charge is 0.251 e. The summed E-state index contributed by atoms with van der Waals surface area (Å²) in [5, 5.41) is 2.95. The second kappa shape index (κ2) is 7.24. The normalized spacial score (nSPS) is 11.2. The van der Waals surface area contributed by atoms with Gasteiger partial charge in [0.25, 0.3) is 5.91 Å². The fourth-order valence-corrected chi connectivity index (χ4v) is 1.94. The minimum Gasteiger partial charge on any atom is -0.348 e. The number of hydrogen-bond acceptors (Lipinski definition) is 2. The number of allylic oxidation sites excluding steroid dienone is 1. The lowest BCUT2D eigenvalue weighted by atomic mass is 10.0. The van der Waals surface area contributed by atoms with Gasteiger partial charge in [-0.05, 0) is 29.7 Å². The molecule has 0 aliphatic rings. The molecule has 3 heteroatoms. The van der Waals surface area contributed by atoms with E-state index in [1.807, 2.05) is 55.5 Å². The monoisotopic (exact) mass is 266 g/mol. The maximum absolute atomic E-state index is 12.3. The van der Waals surface area contributed by atoms with Crippen LogP contribution in [0.5, 0.6) is 0 Å². The van der Waals surface area contributed by atoms with E-state index in [9.17, 15) is 4.79 Å². The number of amides is 1. The Hall–Kier alpha value is -2.42. The predicted molar refractivity (Wildman–Crippen MR) is 80.8 cm³/mol. The third-order valence-corrected chi connectivity index (χ3v) is 2.94. The summed E-state index contributed by atoms with van der Waals surface area (Å²) in [6.07, 6.45) is 6.23. The van der Waals surface area contributed by atoms with Gasteiger partial charge in [0.1, 0.15) is 0 Å². The lowest BCUT2D eigenvalue weighted by molar-refractivity contribution is -0.115. The van der Waals surface area contributed by atoms with E-state index in [1.165, 1.54) is 0 Å². The summed E-state index contributed by atoms with van der Waals surface area (Å²) >= 11 is 0. The number of hydrogen-bond donors (Lipinski definition) is 1. The van der Waals surface area contributed by atoms with E-state index < -0.39 is 0 Å². The molecule has 0 saturated carbocycles. The number of aromatic nitrogens is 1. The van der Waals surface area contributed by atoms with E-state index in [4.69, 9.17) is 0 Å². The van der Waals surface area contributed by atoms with Crippen LogP contribution in [0.3, 0.4) is 0 Å². The Morgan fingerprint density at radius 2 is 1.85 bits per heavy atom. The summed E-state index contributed by atoms with van der Waals surface area (Å²) in [5.41, 5.74) is 2.71. The molecule has 102 valence electrons. The highest BCUT2D eigenvalue weighted by molar-refractivity contribution is 6.19. The van der Waals surface area contributed by atoms with Crippen molar-refractivity contribution in [2.75, 3.05) is 0 Å². The van der Waals surface area contributed by atoms with Crippen molar-refractivity contribution in [2.24, 2.45) is 0 Å². The summed E-state index contributed by atoms with van der Waals surface area (Å²) in [6.45, 7) is 2.54. The van der Waals surface area contributed by atoms with Crippen LogP contribution in [0.2, 0.25) is 0 Å². The molecular weight excluding hydrogens is 248 g/mol. The molecule has 0 unspecified atom stereocenters. The first kappa shape index (κ1) is 14.0. The molecule has 1 amide bonds. The number of carbonyl (C=O) groups excluding carboxylic acids is 1. The van der Waals surface area contributed by atoms with Crippen LogP contribution in [-0.4, -0.2) is 10.9 Å². The van der Waals surface area contributed by atoms with Gasteiger partial charge in [-0.15, -0.1) is 0 Å². The molecule has 0 saturated heterocycles. The first-order valence-corrected chi connectivity index (χ1v) is 6.74. The van der Waals surface area contributed by atoms with Crippen molar-refractivity contribution in [3.8, 4) is 0 Å². The van der Waals surface area contributed by atoms with Crippen molar-refractivity contribution in [3.63, 3.8) is 0 Å². The van der Waals surface area contributed by atoms with Crippen molar-refractivity contribution in [1.82, 2.24) is 10.3 Å². The fourth-order valence-electron chi connectivity index (χ4n) is 1.94. The molecule has 0 spiro atoms. The Labute approximate surface area is 119 Å². The lowest BCUT2D eigenvalue weighted by Gasteiger charge is -2.09. The largest absolute Gasteiger partial charge is 0.348 e. The molecule has 0 aliphatic heterocycles. The first-order chi connectivity index (χ1) is 9.81. The Bertz CT molecular complexity index is 576. The minimum absolute atomic E-state index is 0.0464. The molecule has 1 heterocycles. The molecule has 0 fully saturated rings. The van der Waals surface area contributed by atoms with Gasteiger partial charge in [-0.1, -0.05) is 43.3 Å². The summed E-state index contributed by atoms with van der Waals surface area (Å²) in [7, 11) is 0. The van der Waals surface area contributed by atoms with Crippen molar-refractivity contribution >= 4 is 11.5 Å². The van der Waals surface area contributed by atoms with Gasteiger partial charge in [0.2, 0.25) is 0 Å². The summed E-state index contributed by atoms with van der Waals surface area (Å²) in [6, 6.07) is 13.5. The first-order valence-electron chi connectivity index (χ1n) is 6.74. The van der Waals surface area contributed by atoms with E-state index in [1.54, 1.807) is 12.4 Å². The third-order valence-electron chi connectivity index (χ3n) is 2.94. The molecule has 1 N–H and O–H groups in total. The number of carbonyl (C=O) groups is 1. The number of nitrogens with zero attached hydrogens (tertiary/aromatic N) is 1. The molecule has 1 aromatic heterocycles. The Morgan fingerprint density at radius 1 is 1.15 bits per heavy atom. The van der Waals surface area contributed by atoms with Crippen LogP contribution in [0.15, 0.2) is 60.9 Å². The van der Waals surface area contributed by atoms with Gasteiger partial charge in [-0.2, -0.15) is 0 Å². The molecule has 0 atom stereocenters. The van der Waals surface area contributed by atoms with Crippen LogP contribution in [0.25, 0.3) is 5.57 Å². The van der Waals surface area contributed by atoms with Gasteiger partial charge in [0, 0.05) is 24.5 Å². The molecule has 2 aromatic rings. The second-order valence-electron chi connectivity index (χ2n) is 4.43. The second-order valence-corrected chi connectivity index (χ2v) is 4.43. The quantitative estimate of drug-likeness (QED) is 0.844. The standard InChI is InChI=1S/C17H18N2O/c1-2-6-16(15-7-4-3-5-8-15)17(20)19-13-14-9-11-18-12-10-14/h3-12H,2,13H2,1H3,(H,19,20). The molecule has 3 nitrogen and oxygen atoms in total. The number of rotatable bonds is 5. The predicted octanol–water partition coefficient (Wildman–Crippen LogP) is 3.19. The summed E-state index contributed by atoms with van der Waals surface area (Å²) < 4.78 is 0. The van der Waals surface area contributed by atoms with E-state index >= 15 is 0 Å². The van der Waals surface area contributed by atoms with Crippen LogP contribution in [-0.2, 0) is 11.3 Å². The zero-order chi connectivity index (χ0) is 14.2. The van der Waals surface area contributed by atoms with Crippen LogP contribution < -0.4 is 5.32 Å². The lowest BCUT2D eigenvalue weighted by Crippen LogP contribution is -2.23. The Kier molecular flexibility index (Phi) is 5.07. The van der Waals surface area contributed by atoms with Crippen LogP contribution >= 0.6 is 0 Å².